The predicted octanol–water partition coefficient (Wildman–Crippen LogP) is 2.55. The van der Waals surface area contributed by atoms with Crippen molar-refractivity contribution in [3.05, 3.63) is 47.8 Å². The van der Waals surface area contributed by atoms with Crippen LogP contribution < -0.4 is 4.74 Å². The monoisotopic (exact) mass is 300 g/mol. The fourth-order valence-corrected chi connectivity index (χ4v) is 2.22. The number of Topliss-reactive ketones (excluding diaryl/α,β-unsaturated/α-hetero) is 1. The summed E-state index contributed by atoms with van der Waals surface area (Å²) in [5, 5.41) is 8.90. The first-order chi connectivity index (χ1) is 10.6. The largest absolute Gasteiger partial charge is 0.494 e. The molecule has 0 radical (unpaired) electrons. The standard InChI is InChI=1S/C16H13FN2O3/c1-22-15-7-10(2-4-11(15)17)16-18-12-5-3-9(14(21)8-20)6-13(12)19-16/h2-7,20H,8H2,1H3,(H,18,19). The van der Waals surface area contributed by atoms with E-state index in [-0.39, 0.29) is 11.5 Å². The Morgan fingerprint density at radius 2 is 2.14 bits per heavy atom. The summed E-state index contributed by atoms with van der Waals surface area (Å²) in [5.74, 6) is -0.129. The number of carbonyl (C=O) groups is 1. The lowest BCUT2D eigenvalue weighted by atomic mass is 10.1. The molecule has 0 aliphatic carbocycles. The number of aromatic nitrogens is 2. The number of ketones is 1. The van der Waals surface area contributed by atoms with Crippen molar-refractivity contribution < 1.29 is 19.0 Å². The first kappa shape index (κ1) is 14.2. The van der Waals surface area contributed by atoms with Gasteiger partial charge in [0.05, 0.1) is 18.1 Å². The van der Waals surface area contributed by atoms with Crippen LogP contribution in [0.3, 0.4) is 0 Å². The fraction of sp³-hybridized carbons (Fsp3) is 0.125. The minimum absolute atomic E-state index is 0.133. The molecule has 112 valence electrons. The lowest BCUT2D eigenvalue weighted by Gasteiger charge is -2.03. The number of rotatable bonds is 4. The fourth-order valence-electron chi connectivity index (χ4n) is 2.22. The number of benzene rings is 2. The molecule has 0 aliphatic heterocycles. The van der Waals surface area contributed by atoms with E-state index in [1.165, 1.54) is 13.2 Å². The molecule has 0 saturated carbocycles. The molecule has 1 aromatic heterocycles. The zero-order valence-electron chi connectivity index (χ0n) is 11.8. The van der Waals surface area contributed by atoms with Gasteiger partial charge in [0.15, 0.2) is 17.3 Å². The van der Waals surface area contributed by atoms with Gasteiger partial charge in [0.25, 0.3) is 0 Å². The van der Waals surface area contributed by atoms with Gasteiger partial charge in [-0.2, -0.15) is 0 Å². The third kappa shape index (κ3) is 2.44. The number of hydrogen-bond donors (Lipinski definition) is 2. The average molecular weight is 300 g/mol. The van der Waals surface area contributed by atoms with Crippen LogP contribution in [0.2, 0.25) is 0 Å². The van der Waals surface area contributed by atoms with E-state index in [4.69, 9.17) is 9.84 Å². The molecule has 5 nitrogen and oxygen atoms in total. The molecule has 0 amide bonds. The highest BCUT2D eigenvalue weighted by Gasteiger charge is 2.11. The maximum atomic E-state index is 13.5. The smallest absolute Gasteiger partial charge is 0.188 e. The number of hydrogen-bond acceptors (Lipinski definition) is 4. The van der Waals surface area contributed by atoms with E-state index >= 15 is 0 Å². The molecule has 1 heterocycles. The maximum Gasteiger partial charge on any atom is 0.188 e. The number of ether oxygens (including phenoxy) is 1. The normalized spacial score (nSPS) is 10.9. The van der Waals surface area contributed by atoms with Crippen LogP contribution in [0.15, 0.2) is 36.4 Å². The van der Waals surface area contributed by atoms with Gasteiger partial charge in [-0.1, -0.05) is 0 Å². The third-order valence-corrected chi connectivity index (χ3v) is 3.37. The average Bonchev–Trinajstić information content (AvgIpc) is 2.97. The van der Waals surface area contributed by atoms with Gasteiger partial charge in [0.1, 0.15) is 12.4 Å². The molecule has 0 aliphatic rings. The zero-order valence-corrected chi connectivity index (χ0v) is 11.8. The van der Waals surface area contributed by atoms with E-state index in [0.717, 1.165) is 0 Å². The van der Waals surface area contributed by atoms with Gasteiger partial charge in [-0.3, -0.25) is 4.79 Å². The lowest BCUT2D eigenvalue weighted by molar-refractivity contribution is 0.0904. The van der Waals surface area contributed by atoms with E-state index in [2.05, 4.69) is 9.97 Å². The molecule has 0 saturated heterocycles. The molecule has 6 heteroatoms. The van der Waals surface area contributed by atoms with Crippen LogP contribution in [0, 0.1) is 5.82 Å². The van der Waals surface area contributed by atoms with Gasteiger partial charge >= 0.3 is 0 Å². The van der Waals surface area contributed by atoms with Crippen LogP contribution in [-0.4, -0.2) is 34.6 Å². The van der Waals surface area contributed by atoms with Crippen LogP contribution in [0.1, 0.15) is 10.4 Å². The number of H-pyrrole nitrogens is 1. The molecule has 3 aromatic rings. The Kier molecular flexibility index (Phi) is 3.60. The number of aliphatic hydroxyl groups excluding tert-OH is 1. The quantitative estimate of drug-likeness (QED) is 0.726. The number of nitrogens with zero attached hydrogens (tertiary/aromatic N) is 1. The molecule has 2 aromatic carbocycles. The minimum Gasteiger partial charge on any atom is -0.494 e. The Hall–Kier alpha value is -2.73. The van der Waals surface area contributed by atoms with E-state index in [0.29, 0.717) is 28.0 Å². The van der Waals surface area contributed by atoms with Crippen LogP contribution >= 0.6 is 0 Å². The number of aromatic amines is 1. The minimum atomic E-state index is -0.540. The number of imidazole rings is 1. The number of carbonyl (C=O) groups excluding carboxylic acids is 1. The molecular weight excluding hydrogens is 287 g/mol. The van der Waals surface area contributed by atoms with Crippen LogP contribution in [0.25, 0.3) is 22.4 Å². The summed E-state index contributed by atoms with van der Waals surface area (Å²) >= 11 is 0. The maximum absolute atomic E-state index is 13.5. The third-order valence-electron chi connectivity index (χ3n) is 3.37. The molecule has 22 heavy (non-hydrogen) atoms. The van der Waals surface area contributed by atoms with Crippen LogP contribution in [0.4, 0.5) is 4.39 Å². The molecule has 0 fully saturated rings. The van der Waals surface area contributed by atoms with Gasteiger partial charge in [0.2, 0.25) is 0 Å². The van der Waals surface area contributed by atoms with Gasteiger partial charge in [-0.05, 0) is 36.4 Å². The molecule has 2 N–H and O–H groups in total. The van der Waals surface area contributed by atoms with E-state index in [9.17, 15) is 9.18 Å². The number of methoxy groups -OCH3 is 1. The Balaban J connectivity index is 2.06. The van der Waals surface area contributed by atoms with Crippen molar-refractivity contribution in [2.75, 3.05) is 13.7 Å². The van der Waals surface area contributed by atoms with Crippen molar-refractivity contribution in [1.82, 2.24) is 9.97 Å². The SMILES string of the molecule is COc1cc(-c2nc3ccc(C(=O)CO)cc3[nH]2)ccc1F. The first-order valence-corrected chi connectivity index (χ1v) is 6.60. The van der Waals surface area contributed by atoms with Gasteiger partial charge in [-0.25, -0.2) is 9.37 Å². The van der Waals surface area contributed by atoms with Gasteiger partial charge in [-0.15, -0.1) is 0 Å². The second-order valence-corrected chi connectivity index (χ2v) is 4.75. The Bertz CT molecular complexity index is 858. The Morgan fingerprint density at radius 3 is 2.86 bits per heavy atom. The van der Waals surface area contributed by atoms with Crippen molar-refractivity contribution >= 4 is 16.8 Å². The van der Waals surface area contributed by atoms with Gasteiger partial charge in [0, 0.05) is 11.1 Å². The molecule has 0 spiro atoms. The number of nitrogens with one attached hydrogen (secondary N) is 1. The second-order valence-electron chi connectivity index (χ2n) is 4.75. The van der Waals surface area contributed by atoms with E-state index in [1.807, 2.05) is 0 Å². The van der Waals surface area contributed by atoms with Crippen molar-refractivity contribution in [2.24, 2.45) is 0 Å². The molecule has 3 rings (SSSR count). The summed E-state index contributed by atoms with van der Waals surface area (Å²) in [6.07, 6.45) is 0. The Labute approximate surface area is 125 Å². The molecule has 0 atom stereocenters. The summed E-state index contributed by atoms with van der Waals surface area (Å²) in [6.45, 7) is -0.540. The topological polar surface area (TPSA) is 75.2 Å². The summed E-state index contributed by atoms with van der Waals surface area (Å²) in [5.41, 5.74) is 2.41. The molecule has 0 bridgehead atoms. The summed E-state index contributed by atoms with van der Waals surface area (Å²) in [7, 11) is 1.40. The van der Waals surface area contributed by atoms with Crippen LogP contribution in [0.5, 0.6) is 5.75 Å². The lowest BCUT2D eigenvalue weighted by Crippen LogP contribution is -2.03. The highest BCUT2D eigenvalue weighted by atomic mass is 19.1. The highest BCUT2D eigenvalue weighted by molar-refractivity contribution is 5.99. The summed E-state index contributed by atoms with van der Waals surface area (Å²) in [6, 6.07) is 9.38. The second kappa shape index (κ2) is 5.57. The van der Waals surface area contributed by atoms with Crippen LogP contribution in [-0.2, 0) is 0 Å². The van der Waals surface area contributed by atoms with Crippen molar-refractivity contribution in [3.8, 4) is 17.1 Å². The predicted molar refractivity (Wildman–Crippen MR) is 79.5 cm³/mol. The first-order valence-electron chi connectivity index (χ1n) is 6.60. The van der Waals surface area contributed by atoms with Crippen molar-refractivity contribution in [3.63, 3.8) is 0 Å². The number of halogens is 1. The van der Waals surface area contributed by atoms with Gasteiger partial charge < -0.3 is 14.8 Å². The van der Waals surface area contributed by atoms with E-state index < -0.39 is 12.4 Å². The highest BCUT2D eigenvalue weighted by Crippen LogP contribution is 2.26. The molecule has 0 unspecified atom stereocenters. The van der Waals surface area contributed by atoms with E-state index in [1.54, 1.807) is 30.3 Å². The Morgan fingerprint density at radius 1 is 1.32 bits per heavy atom. The van der Waals surface area contributed by atoms with Crippen molar-refractivity contribution in [2.45, 2.75) is 0 Å². The summed E-state index contributed by atoms with van der Waals surface area (Å²) in [4.78, 5) is 19.0. The summed E-state index contributed by atoms with van der Waals surface area (Å²) < 4.78 is 18.4. The number of fused-ring (bicyclic) bond motifs is 1. The van der Waals surface area contributed by atoms with Crippen molar-refractivity contribution in [1.29, 1.82) is 0 Å². The zero-order chi connectivity index (χ0) is 15.7. The number of aliphatic hydroxyl groups is 1. The molecular formula is C16H13FN2O3.